The highest BCUT2D eigenvalue weighted by molar-refractivity contribution is 5.80. The number of hydrogen-bond acceptors (Lipinski definition) is 3. The van der Waals surface area contributed by atoms with Crippen molar-refractivity contribution in [2.75, 3.05) is 33.2 Å². The molecular formula is C10H19N3O. The molecule has 0 aromatic heterocycles. The number of piperidine rings is 1. The normalized spacial score (nSPS) is 25.8. The monoisotopic (exact) mass is 197 g/mol. The van der Waals surface area contributed by atoms with E-state index in [0.29, 0.717) is 6.04 Å². The number of hydrogen-bond donors (Lipinski definition) is 2. The molecule has 0 aromatic carbocycles. The Kier molecular flexibility index (Phi) is 3.03. The van der Waals surface area contributed by atoms with Gasteiger partial charge in [-0.05, 0) is 33.0 Å². The molecular weight excluding hydrogens is 178 g/mol. The Morgan fingerprint density at radius 2 is 2.00 bits per heavy atom. The Hall–Kier alpha value is -0.610. The molecule has 0 saturated carbocycles. The zero-order valence-electron chi connectivity index (χ0n) is 8.75. The van der Waals surface area contributed by atoms with Crippen LogP contribution in [0.3, 0.4) is 0 Å². The van der Waals surface area contributed by atoms with E-state index in [4.69, 9.17) is 0 Å². The topological polar surface area (TPSA) is 44.4 Å². The van der Waals surface area contributed by atoms with Crippen LogP contribution in [0, 0.1) is 5.92 Å². The standard InChI is InChI=1S/C10H19N3O/c1-13-4-2-9(3-5-13)12-10(14)8-6-11-7-8/h8-9,11H,2-7H2,1H3,(H,12,14). The molecule has 2 aliphatic heterocycles. The van der Waals surface area contributed by atoms with Crippen molar-refractivity contribution in [3.8, 4) is 0 Å². The van der Waals surface area contributed by atoms with Gasteiger partial charge in [0.15, 0.2) is 0 Å². The minimum Gasteiger partial charge on any atom is -0.353 e. The first kappa shape index (κ1) is 9.93. The number of likely N-dealkylation sites (tertiary alicyclic amines) is 1. The van der Waals surface area contributed by atoms with Crippen molar-refractivity contribution >= 4 is 5.91 Å². The van der Waals surface area contributed by atoms with Crippen LogP contribution in [-0.4, -0.2) is 50.1 Å². The Bertz CT molecular complexity index is 207. The fourth-order valence-corrected chi connectivity index (χ4v) is 1.95. The molecule has 0 aromatic rings. The van der Waals surface area contributed by atoms with Crippen LogP contribution in [-0.2, 0) is 4.79 Å². The van der Waals surface area contributed by atoms with E-state index in [-0.39, 0.29) is 11.8 Å². The van der Waals surface area contributed by atoms with Gasteiger partial charge in [0.25, 0.3) is 0 Å². The van der Waals surface area contributed by atoms with Gasteiger partial charge in [-0.15, -0.1) is 0 Å². The van der Waals surface area contributed by atoms with E-state index in [9.17, 15) is 4.79 Å². The SMILES string of the molecule is CN1CCC(NC(=O)C2CNC2)CC1. The summed E-state index contributed by atoms with van der Waals surface area (Å²) >= 11 is 0. The van der Waals surface area contributed by atoms with Crippen molar-refractivity contribution in [1.29, 1.82) is 0 Å². The number of rotatable bonds is 2. The zero-order chi connectivity index (χ0) is 9.97. The molecule has 4 nitrogen and oxygen atoms in total. The summed E-state index contributed by atoms with van der Waals surface area (Å²) in [4.78, 5) is 13.9. The van der Waals surface area contributed by atoms with Crippen LogP contribution in [0.15, 0.2) is 0 Å². The van der Waals surface area contributed by atoms with Gasteiger partial charge in [0.2, 0.25) is 5.91 Å². The number of nitrogens with one attached hydrogen (secondary N) is 2. The van der Waals surface area contributed by atoms with Crippen LogP contribution in [0.2, 0.25) is 0 Å². The van der Waals surface area contributed by atoms with Gasteiger partial charge in [-0.25, -0.2) is 0 Å². The minimum atomic E-state index is 0.231. The second-order valence-corrected chi connectivity index (χ2v) is 4.44. The molecule has 1 amide bonds. The number of carbonyl (C=O) groups excluding carboxylic acids is 1. The smallest absolute Gasteiger partial charge is 0.225 e. The van der Waals surface area contributed by atoms with Crippen LogP contribution in [0.25, 0.3) is 0 Å². The van der Waals surface area contributed by atoms with Crippen molar-refractivity contribution < 1.29 is 4.79 Å². The van der Waals surface area contributed by atoms with E-state index in [1.807, 2.05) is 0 Å². The third-order valence-electron chi connectivity index (χ3n) is 3.22. The zero-order valence-corrected chi connectivity index (χ0v) is 8.75. The second-order valence-electron chi connectivity index (χ2n) is 4.44. The lowest BCUT2D eigenvalue weighted by Gasteiger charge is -2.32. The average Bonchev–Trinajstić information content (AvgIpc) is 2.06. The Labute approximate surface area is 85.0 Å². The van der Waals surface area contributed by atoms with Gasteiger partial charge in [0.1, 0.15) is 0 Å². The highest BCUT2D eigenvalue weighted by Gasteiger charge is 2.27. The largest absolute Gasteiger partial charge is 0.353 e. The molecule has 2 fully saturated rings. The first-order valence-electron chi connectivity index (χ1n) is 5.45. The molecule has 0 atom stereocenters. The lowest BCUT2D eigenvalue weighted by atomic mass is 10.00. The maximum Gasteiger partial charge on any atom is 0.225 e. The molecule has 0 aliphatic carbocycles. The van der Waals surface area contributed by atoms with Gasteiger partial charge in [-0.1, -0.05) is 0 Å². The van der Waals surface area contributed by atoms with E-state index in [1.54, 1.807) is 0 Å². The van der Waals surface area contributed by atoms with E-state index < -0.39 is 0 Å². The summed E-state index contributed by atoms with van der Waals surface area (Å²) in [6, 6.07) is 0.416. The third kappa shape index (κ3) is 2.25. The predicted molar refractivity (Wildman–Crippen MR) is 55.0 cm³/mol. The summed E-state index contributed by atoms with van der Waals surface area (Å²) in [5.74, 6) is 0.480. The summed E-state index contributed by atoms with van der Waals surface area (Å²) in [5.41, 5.74) is 0. The first-order chi connectivity index (χ1) is 6.75. The van der Waals surface area contributed by atoms with Crippen LogP contribution in [0.1, 0.15) is 12.8 Å². The van der Waals surface area contributed by atoms with Crippen LogP contribution in [0.4, 0.5) is 0 Å². The van der Waals surface area contributed by atoms with E-state index in [1.165, 1.54) is 0 Å². The Balaban J connectivity index is 1.71. The number of carbonyl (C=O) groups is 1. The Morgan fingerprint density at radius 3 is 2.50 bits per heavy atom. The third-order valence-corrected chi connectivity index (χ3v) is 3.22. The molecule has 0 spiro atoms. The maximum absolute atomic E-state index is 11.6. The molecule has 80 valence electrons. The van der Waals surface area contributed by atoms with Crippen molar-refractivity contribution in [2.24, 2.45) is 5.92 Å². The Morgan fingerprint density at radius 1 is 1.36 bits per heavy atom. The fraction of sp³-hybridized carbons (Fsp3) is 0.900. The van der Waals surface area contributed by atoms with Gasteiger partial charge in [0, 0.05) is 19.1 Å². The molecule has 2 saturated heterocycles. The summed E-state index contributed by atoms with van der Waals surface area (Å²) in [6.45, 7) is 3.93. The van der Waals surface area contributed by atoms with Gasteiger partial charge >= 0.3 is 0 Å². The molecule has 4 heteroatoms. The van der Waals surface area contributed by atoms with E-state index >= 15 is 0 Å². The second kappa shape index (κ2) is 4.28. The van der Waals surface area contributed by atoms with Crippen molar-refractivity contribution in [1.82, 2.24) is 15.5 Å². The quantitative estimate of drug-likeness (QED) is 0.622. The molecule has 0 unspecified atom stereocenters. The van der Waals surface area contributed by atoms with Gasteiger partial charge in [0.05, 0.1) is 5.92 Å². The predicted octanol–water partition coefficient (Wildman–Crippen LogP) is -0.584. The van der Waals surface area contributed by atoms with Gasteiger partial charge in [-0.3, -0.25) is 4.79 Å². The summed E-state index contributed by atoms with van der Waals surface area (Å²) in [5, 5.41) is 6.25. The number of nitrogens with zero attached hydrogens (tertiary/aromatic N) is 1. The van der Waals surface area contributed by atoms with Crippen molar-refractivity contribution in [3.05, 3.63) is 0 Å². The summed E-state index contributed by atoms with van der Waals surface area (Å²) < 4.78 is 0. The highest BCUT2D eigenvalue weighted by atomic mass is 16.2. The van der Waals surface area contributed by atoms with E-state index in [2.05, 4.69) is 22.6 Å². The summed E-state index contributed by atoms with van der Waals surface area (Å²) in [7, 11) is 2.13. The van der Waals surface area contributed by atoms with Crippen LogP contribution in [0.5, 0.6) is 0 Å². The van der Waals surface area contributed by atoms with Gasteiger partial charge in [-0.2, -0.15) is 0 Å². The fourth-order valence-electron chi connectivity index (χ4n) is 1.95. The lowest BCUT2D eigenvalue weighted by molar-refractivity contribution is -0.127. The number of amides is 1. The molecule has 14 heavy (non-hydrogen) atoms. The van der Waals surface area contributed by atoms with Crippen LogP contribution >= 0.6 is 0 Å². The molecule has 0 radical (unpaired) electrons. The average molecular weight is 197 g/mol. The van der Waals surface area contributed by atoms with Gasteiger partial charge < -0.3 is 15.5 Å². The molecule has 2 aliphatic rings. The van der Waals surface area contributed by atoms with Crippen LogP contribution < -0.4 is 10.6 Å². The maximum atomic E-state index is 11.6. The minimum absolute atomic E-state index is 0.231. The first-order valence-corrected chi connectivity index (χ1v) is 5.45. The summed E-state index contributed by atoms with van der Waals surface area (Å²) in [6.07, 6.45) is 2.20. The van der Waals surface area contributed by atoms with Crippen molar-refractivity contribution in [2.45, 2.75) is 18.9 Å². The highest BCUT2D eigenvalue weighted by Crippen LogP contribution is 2.10. The lowest BCUT2D eigenvalue weighted by Crippen LogP contribution is -2.54. The molecule has 2 heterocycles. The van der Waals surface area contributed by atoms with E-state index in [0.717, 1.165) is 39.0 Å². The van der Waals surface area contributed by atoms with Crippen molar-refractivity contribution in [3.63, 3.8) is 0 Å². The molecule has 2 rings (SSSR count). The molecule has 0 bridgehead atoms. The molecule has 2 N–H and O–H groups in total.